The summed E-state index contributed by atoms with van der Waals surface area (Å²) in [6, 6.07) is 7.19. The maximum Gasteiger partial charge on any atom is 0.119 e. The average Bonchev–Trinajstić information content (AvgIpc) is 2.82. The van der Waals surface area contributed by atoms with Gasteiger partial charge in [0.05, 0.1) is 6.10 Å². The Labute approximate surface area is 117 Å². The third kappa shape index (κ3) is 4.54. The van der Waals surface area contributed by atoms with Crippen molar-refractivity contribution in [3.05, 3.63) is 29.3 Å². The molecule has 2 heteroatoms. The van der Waals surface area contributed by atoms with E-state index in [-0.39, 0.29) is 0 Å². The zero-order valence-corrected chi connectivity index (χ0v) is 12.5. The fourth-order valence-corrected chi connectivity index (χ4v) is 2.69. The van der Waals surface area contributed by atoms with Crippen LogP contribution in [0, 0.1) is 0 Å². The number of ether oxygens (including phenoxy) is 1. The summed E-state index contributed by atoms with van der Waals surface area (Å²) in [5.74, 6) is 1.05. The van der Waals surface area contributed by atoms with Crippen LogP contribution < -0.4 is 10.1 Å². The predicted molar refractivity (Wildman–Crippen MR) is 80.9 cm³/mol. The molecule has 0 bridgehead atoms. The Morgan fingerprint density at radius 1 is 1.16 bits per heavy atom. The van der Waals surface area contributed by atoms with Gasteiger partial charge in [0, 0.05) is 6.04 Å². The standard InChI is InChI=1S/C17H27NO/c1-13(2)18-11-5-6-14(3)19-17-10-9-15-7-4-8-16(15)12-17/h9-10,12-14,18H,4-8,11H2,1-3H3. The number of rotatable bonds is 7. The van der Waals surface area contributed by atoms with Gasteiger partial charge in [-0.05, 0) is 68.8 Å². The topological polar surface area (TPSA) is 21.3 Å². The molecule has 0 spiro atoms. The Morgan fingerprint density at radius 2 is 1.95 bits per heavy atom. The van der Waals surface area contributed by atoms with Crippen LogP contribution in [0.1, 0.15) is 51.2 Å². The van der Waals surface area contributed by atoms with E-state index in [2.05, 4.69) is 44.3 Å². The van der Waals surface area contributed by atoms with Crippen LogP contribution in [0.3, 0.4) is 0 Å². The van der Waals surface area contributed by atoms with Crippen molar-refractivity contribution in [2.45, 2.75) is 65.0 Å². The van der Waals surface area contributed by atoms with Crippen LogP contribution in [-0.2, 0) is 12.8 Å². The van der Waals surface area contributed by atoms with E-state index in [0.717, 1.165) is 18.7 Å². The lowest BCUT2D eigenvalue weighted by atomic mass is 10.1. The molecular formula is C17H27NO. The maximum absolute atomic E-state index is 6.02. The second-order valence-corrected chi connectivity index (χ2v) is 5.96. The van der Waals surface area contributed by atoms with Crippen molar-refractivity contribution < 1.29 is 4.74 Å². The second-order valence-electron chi connectivity index (χ2n) is 5.96. The maximum atomic E-state index is 6.02. The molecule has 1 aromatic rings. The third-order valence-electron chi connectivity index (χ3n) is 3.75. The number of aryl methyl sites for hydroxylation is 2. The van der Waals surface area contributed by atoms with Crippen LogP contribution in [0.25, 0.3) is 0 Å². The summed E-state index contributed by atoms with van der Waals surface area (Å²) in [4.78, 5) is 0. The van der Waals surface area contributed by atoms with Crippen LogP contribution >= 0.6 is 0 Å². The zero-order valence-electron chi connectivity index (χ0n) is 12.5. The monoisotopic (exact) mass is 261 g/mol. The molecule has 1 unspecified atom stereocenters. The van der Waals surface area contributed by atoms with Crippen LogP contribution in [0.4, 0.5) is 0 Å². The van der Waals surface area contributed by atoms with Gasteiger partial charge in [-0.3, -0.25) is 0 Å². The van der Waals surface area contributed by atoms with Crippen molar-refractivity contribution in [2.24, 2.45) is 0 Å². The molecule has 0 aromatic heterocycles. The Hall–Kier alpha value is -1.02. The zero-order chi connectivity index (χ0) is 13.7. The molecule has 1 aromatic carbocycles. The number of nitrogens with one attached hydrogen (secondary N) is 1. The van der Waals surface area contributed by atoms with Crippen LogP contribution in [0.2, 0.25) is 0 Å². The normalized spacial score (nSPS) is 15.6. The van der Waals surface area contributed by atoms with E-state index in [4.69, 9.17) is 4.74 Å². The number of benzene rings is 1. The summed E-state index contributed by atoms with van der Waals surface area (Å²) in [6.45, 7) is 7.62. The van der Waals surface area contributed by atoms with Crippen LogP contribution in [0.5, 0.6) is 5.75 Å². The van der Waals surface area contributed by atoms with Crippen molar-refractivity contribution in [2.75, 3.05) is 6.54 Å². The van der Waals surface area contributed by atoms with Crippen LogP contribution in [0.15, 0.2) is 18.2 Å². The molecule has 106 valence electrons. The fraction of sp³-hybridized carbons (Fsp3) is 0.647. The first-order valence-corrected chi connectivity index (χ1v) is 7.67. The quantitative estimate of drug-likeness (QED) is 0.755. The molecule has 0 radical (unpaired) electrons. The summed E-state index contributed by atoms with van der Waals surface area (Å²) >= 11 is 0. The van der Waals surface area contributed by atoms with Gasteiger partial charge in [0.1, 0.15) is 5.75 Å². The number of fused-ring (bicyclic) bond motifs is 1. The molecule has 1 N–H and O–H groups in total. The first-order valence-electron chi connectivity index (χ1n) is 7.67. The predicted octanol–water partition coefficient (Wildman–Crippen LogP) is 3.72. The van der Waals surface area contributed by atoms with E-state index in [1.165, 1.54) is 36.8 Å². The lowest BCUT2D eigenvalue weighted by molar-refractivity contribution is 0.207. The lowest BCUT2D eigenvalue weighted by Gasteiger charge is -2.16. The van der Waals surface area contributed by atoms with Crippen molar-refractivity contribution in [1.29, 1.82) is 0 Å². The highest BCUT2D eigenvalue weighted by Crippen LogP contribution is 2.26. The minimum atomic E-state index is 0.299. The molecule has 0 saturated carbocycles. The summed E-state index contributed by atoms with van der Waals surface area (Å²) in [5, 5.41) is 3.44. The average molecular weight is 261 g/mol. The van der Waals surface area contributed by atoms with Gasteiger partial charge in [0.15, 0.2) is 0 Å². The molecule has 2 rings (SSSR count). The highest BCUT2D eigenvalue weighted by molar-refractivity contribution is 5.38. The first-order chi connectivity index (χ1) is 9.15. The van der Waals surface area contributed by atoms with Crippen molar-refractivity contribution in [1.82, 2.24) is 5.32 Å². The van der Waals surface area contributed by atoms with Gasteiger partial charge in [-0.15, -0.1) is 0 Å². The summed E-state index contributed by atoms with van der Waals surface area (Å²) in [5.41, 5.74) is 3.01. The van der Waals surface area contributed by atoms with Crippen molar-refractivity contribution in [3.8, 4) is 5.75 Å². The molecule has 0 saturated heterocycles. The van der Waals surface area contributed by atoms with E-state index in [9.17, 15) is 0 Å². The molecule has 1 aliphatic carbocycles. The SMILES string of the molecule is CC(C)NCCCC(C)Oc1ccc2c(c1)CCC2. The lowest BCUT2D eigenvalue weighted by Crippen LogP contribution is -2.25. The van der Waals surface area contributed by atoms with E-state index in [1.54, 1.807) is 0 Å². The largest absolute Gasteiger partial charge is 0.491 e. The Bertz CT molecular complexity index is 400. The molecule has 2 nitrogen and oxygen atoms in total. The Kier molecular flexibility index (Phi) is 5.26. The molecule has 0 amide bonds. The van der Waals surface area contributed by atoms with E-state index in [1.807, 2.05) is 0 Å². The Morgan fingerprint density at radius 3 is 2.74 bits per heavy atom. The second kappa shape index (κ2) is 6.95. The summed E-state index contributed by atoms with van der Waals surface area (Å²) < 4.78 is 6.02. The van der Waals surface area contributed by atoms with E-state index in [0.29, 0.717) is 12.1 Å². The highest BCUT2D eigenvalue weighted by Gasteiger charge is 2.12. The number of hydrogen-bond acceptors (Lipinski definition) is 2. The van der Waals surface area contributed by atoms with Crippen LogP contribution in [-0.4, -0.2) is 18.7 Å². The van der Waals surface area contributed by atoms with Gasteiger partial charge in [-0.2, -0.15) is 0 Å². The smallest absolute Gasteiger partial charge is 0.119 e. The molecule has 19 heavy (non-hydrogen) atoms. The van der Waals surface area contributed by atoms with Crippen molar-refractivity contribution >= 4 is 0 Å². The van der Waals surface area contributed by atoms with Gasteiger partial charge < -0.3 is 10.1 Å². The molecule has 0 fully saturated rings. The summed E-state index contributed by atoms with van der Waals surface area (Å²) in [6.07, 6.45) is 6.34. The highest BCUT2D eigenvalue weighted by atomic mass is 16.5. The number of hydrogen-bond donors (Lipinski definition) is 1. The van der Waals surface area contributed by atoms with Gasteiger partial charge in [-0.25, -0.2) is 0 Å². The molecular weight excluding hydrogens is 234 g/mol. The molecule has 1 atom stereocenters. The van der Waals surface area contributed by atoms with E-state index < -0.39 is 0 Å². The van der Waals surface area contributed by atoms with Gasteiger partial charge >= 0.3 is 0 Å². The summed E-state index contributed by atoms with van der Waals surface area (Å²) in [7, 11) is 0. The van der Waals surface area contributed by atoms with Gasteiger partial charge in [0.25, 0.3) is 0 Å². The van der Waals surface area contributed by atoms with E-state index >= 15 is 0 Å². The molecule has 0 heterocycles. The third-order valence-corrected chi connectivity index (χ3v) is 3.75. The molecule has 1 aliphatic rings. The van der Waals surface area contributed by atoms with Gasteiger partial charge in [0.2, 0.25) is 0 Å². The van der Waals surface area contributed by atoms with Crippen molar-refractivity contribution in [3.63, 3.8) is 0 Å². The Balaban J connectivity index is 1.74. The first kappa shape index (κ1) is 14.4. The fourth-order valence-electron chi connectivity index (χ4n) is 2.69. The minimum absolute atomic E-state index is 0.299. The minimum Gasteiger partial charge on any atom is -0.491 e. The molecule has 0 aliphatic heterocycles. The van der Waals surface area contributed by atoms with Gasteiger partial charge in [-0.1, -0.05) is 19.9 Å².